The fourth-order valence-electron chi connectivity index (χ4n) is 4.80. The molecular weight excluding hydrogens is 442 g/mol. The normalized spacial score (nSPS) is 16.1. The highest BCUT2D eigenvalue weighted by Gasteiger charge is 2.31. The van der Waals surface area contributed by atoms with Gasteiger partial charge in [0.15, 0.2) is 0 Å². The number of hydrogen-bond acceptors (Lipinski definition) is 4. The van der Waals surface area contributed by atoms with Crippen molar-refractivity contribution in [1.29, 1.82) is 0 Å². The van der Waals surface area contributed by atoms with Gasteiger partial charge in [-0.3, -0.25) is 9.80 Å². The second-order valence-electron chi connectivity index (χ2n) is 9.84. The number of aryl methyl sites for hydroxylation is 1. The Labute approximate surface area is 204 Å². The first-order valence-electron chi connectivity index (χ1n) is 11.9. The fourth-order valence-corrected chi connectivity index (χ4v) is 6.20. The monoisotopic (exact) mass is 477 g/mol. The van der Waals surface area contributed by atoms with E-state index in [1.807, 2.05) is 32.9 Å². The number of sulfonamides is 1. The van der Waals surface area contributed by atoms with E-state index in [0.717, 1.165) is 31.7 Å². The van der Waals surface area contributed by atoms with Crippen LogP contribution >= 0.6 is 0 Å². The molecule has 4 rings (SSSR count). The summed E-state index contributed by atoms with van der Waals surface area (Å²) in [5, 5.41) is 0. The fraction of sp³-hybridized carbons (Fsp3) is 0.357. The van der Waals surface area contributed by atoms with Crippen molar-refractivity contribution in [3.05, 3.63) is 102 Å². The standard InChI is InChI=1S/C28H35N3O2S/c1-23-14-16-26(17-15-23)34(32,33)29-28(2,3)22-30-18-20-31(21-19-30)27(24-10-6-4-7-11-24)25-12-8-5-9-13-25/h4-17,27,29H,18-22H2,1-3H3. The molecule has 1 saturated heterocycles. The summed E-state index contributed by atoms with van der Waals surface area (Å²) < 4.78 is 28.8. The van der Waals surface area contributed by atoms with E-state index in [9.17, 15) is 8.42 Å². The molecule has 3 aromatic carbocycles. The number of nitrogens with one attached hydrogen (secondary N) is 1. The van der Waals surface area contributed by atoms with Gasteiger partial charge in [-0.2, -0.15) is 0 Å². The van der Waals surface area contributed by atoms with Gasteiger partial charge in [0, 0.05) is 38.3 Å². The van der Waals surface area contributed by atoms with Crippen LogP contribution in [0.2, 0.25) is 0 Å². The smallest absolute Gasteiger partial charge is 0.241 e. The highest BCUT2D eigenvalue weighted by Crippen LogP contribution is 2.29. The minimum atomic E-state index is -3.57. The third-order valence-electron chi connectivity index (χ3n) is 6.36. The number of hydrogen-bond donors (Lipinski definition) is 1. The van der Waals surface area contributed by atoms with Crippen molar-refractivity contribution in [1.82, 2.24) is 14.5 Å². The van der Waals surface area contributed by atoms with Crippen LogP contribution in [0.25, 0.3) is 0 Å². The molecule has 0 unspecified atom stereocenters. The number of rotatable bonds is 8. The summed E-state index contributed by atoms with van der Waals surface area (Å²) >= 11 is 0. The Balaban J connectivity index is 1.41. The van der Waals surface area contributed by atoms with E-state index < -0.39 is 15.6 Å². The first kappa shape index (κ1) is 24.6. The summed E-state index contributed by atoms with van der Waals surface area (Å²) in [5.41, 5.74) is 3.06. The molecule has 0 radical (unpaired) electrons. The maximum Gasteiger partial charge on any atom is 0.241 e. The Morgan fingerprint density at radius 2 is 1.29 bits per heavy atom. The van der Waals surface area contributed by atoms with Crippen molar-refractivity contribution in [3.63, 3.8) is 0 Å². The zero-order valence-corrected chi connectivity index (χ0v) is 21.1. The molecule has 0 spiro atoms. The predicted octanol–water partition coefficient (Wildman–Crippen LogP) is 4.46. The zero-order chi connectivity index (χ0) is 24.2. The molecule has 0 amide bonds. The van der Waals surface area contributed by atoms with E-state index >= 15 is 0 Å². The molecule has 0 aromatic heterocycles. The molecule has 180 valence electrons. The molecule has 0 atom stereocenters. The summed E-state index contributed by atoms with van der Waals surface area (Å²) in [6.45, 7) is 10.2. The first-order valence-corrected chi connectivity index (χ1v) is 13.4. The predicted molar refractivity (Wildman–Crippen MR) is 138 cm³/mol. The van der Waals surface area contributed by atoms with Crippen molar-refractivity contribution < 1.29 is 8.42 Å². The van der Waals surface area contributed by atoms with Gasteiger partial charge in [0.1, 0.15) is 0 Å². The van der Waals surface area contributed by atoms with Gasteiger partial charge in [0.2, 0.25) is 10.0 Å². The Hall–Kier alpha value is -2.51. The lowest BCUT2D eigenvalue weighted by molar-refractivity contribution is 0.0941. The van der Waals surface area contributed by atoms with Crippen LogP contribution in [0.5, 0.6) is 0 Å². The third kappa shape index (κ3) is 6.13. The van der Waals surface area contributed by atoms with Gasteiger partial charge >= 0.3 is 0 Å². The van der Waals surface area contributed by atoms with Gasteiger partial charge in [0.25, 0.3) is 0 Å². The number of piperazine rings is 1. The lowest BCUT2D eigenvalue weighted by atomic mass is 9.96. The van der Waals surface area contributed by atoms with E-state index in [4.69, 9.17) is 0 Å². The summed E-state index contributed by atoms with van der Waals surface area (Å²) in [7, 11) is -3.57. The topological polar surface area (TPSA) is 52.7 Å². The molecule has 1 aliphatic heterocycles. The molecule has 0 bridgehead atoms. The summed E-state index contributed by atoms with van der Waals surface area (Å²) in [4.78, 5) is 5.20. The molecule has 34 heavy (non-hydrogen) atoms. The van der Waals surface area contributed by atoms with Crippen LogP contribution in [-0.2, 0) is 10.0 Å². The minimum Gasteiger partial charge on any atom is -0.299 e. The lowest BCUT2D eigenvalue weighted by Crippen LogP contribution is -2.56. The van der Waals surface area contributed by atoms with Gasteiger partial charge < -0.3 is 0 Å². The van der Waals surface area contributed by atoms with Crippen molar-refractivity contribution in [3.8, 4) is 0 Å². The molecule has 0 saturated carbocycles. The third-order valence-corrected chi connectivity index (χ3v) is 8.08. The summed E-state index contributed by atoms with van der Waals surface area (Å²) in [6, 6.07) is 28.5. The van der Waals surface area contributed by atoms with Crippen molar-refractivity contribution in [2.24, 2.45) is 0 Å². The van der Waals surface area contributed by atoms with Gasteiger partial charge in [-0.25, -0.2) is 13.1 Å². The van der Waals surface area contributed by atoms with Crippen LogP contribution in [-0.4, -0.2) is 56.5 Å². The molecule has 1 heterocycles. The quantitative estimate of drug-likeness (QED) is 0.521. The average molecular weight is 478 g/mol. The van der Waals surface area contributed by atoms with E-state index in [1.165, 1.54) is 11.1 Å². The van der Waals surface area contributed by atoms with Crippen molar-refractivity contribution >= 4 is 10.0 Å². The molecule has 5 nitrogen and oxygen atoms in total. The molecule has 3 aromatic rings. The first-order chi connectivity index (χ1) is 16.2. The van der Waals surface area contributed by atoms with Crippen LogP contribution < -0.4 is 4.72 Å². The van der Waals surface area contributed by atoms with Gasteiger partial charge in [-0.05, 0) is 44.0 Å². The second-order valence-corrected chi connectivity index (χ2v) is 11.5. The maximum absolute atomic E-state index is 12.9. The van der Waals surface area contributed by atoms with Crippen LogP contribution in [0.15, 0.2) is 89.8 Å². The number of benzene rings is 3. The maximum atomic E-state index is 12.9. The van der Waals surface area contributed by atoms with Crippen LogP contribution in [0.1, 0.15) is 36.6 Å². The Morgan fingerprint density at radius 1 is 0.794 bits per heavy atom. The SMILES string of the molecule is Cc1ccc(S(=O)(=O)NC(C)(C)CN2CCN(C(c3ccccc3)c3ccccc3)CC2)cc1. The molecule has 0 aliphatic carbocycles. The molecule has 6 heteroatoms. The zero-order valence-electron chi connectivity index (χ0n) is 20.3. The Morgan fingerprint density at radius 3 is 1.79 bits per heavy atom. The highest BCUT2D eigenvalue weighted by molar-refractivity contribution is 7.89. The summed E-state index contributed by atoms with van der Waals surface area (Å²) in [6.07, 6.45) is 0. The van der Waals surface area contributed by atoms with Crippen molar-refractivity contribution in [2.45, 2.75) is 37.2 Å². The van der Waals surface area contributed by atoms with Gasteiger partial charge in [0.05, 0.1) is 10.9 Å². The lowest BCUT2D eigenvalue weighted by Gasteiger charge is -2.42. The highest BCUT2D eigenvalue weighted by atomic mass is 32.2. The molecule has 1 aliphatic rings. The van der Waals surface area contributed by atoms with Gasteiger partial charge in [-0.1, -0.05) is 78.4 Å². The van der Waals surface area contributed by atoms with E-state index in [0.29, 0.717) is 11.4 Å². The Bertz CT molecular complexity index is 1120. The van der Waals surface area contributed by atoms with E-state index in [2.05, 4.69) is 75.2 Å². The van der Waals surface area contributed by atoms with Crippen LogP contribution in [0.4, 0.5) is 0 Å². The van der Waals surface area contributed by atoms with Crippen LogP contribution in [0, 0.1) is 6.92 Å². The number of nitrogens with zero attached hydrogens (tertiary/aromatic N) is 2. The summed E-state index contributed by atoms with van der Waals surface area (Å²) in [5.74, 6) is 0. The average Bonchev–Trinajstić information content (AvgIpc) is 2.81. The molecule has 1 N–H and O–H groups in total. The van der Waals surface area contributed by atoms with E-state index in [-0.39, 0.29) is 6.04 Å². The van der Waals surface area contributed by atoms with Crippen molar-refractivity contribution in [2.75, 3.05) is 32.7 Å². The van der Waals surface area contributed by atoms with Crippen LogP contribution in [0.3, 0.4) is 0 Å². The molecular formula is C28H35N3O2S. The van der Waals surface area contributed by atoms with Gasteiger partial charge in [-0.15, -0.1) is 0 Å². The van der Waals surface area contributed by atoms with E-state index in [1.54, 1.807) is 12.1 Å². The Kier molecular flexibility index (Phi) is 7.53. The second kappa shape index (κ2) is 10.4. The minimum absolute atomic E-state index is 0.220. The molecule has 1 fully saturated rings. The largest absolute Gasteiger partial charge is 0.299 e.